The number of hydrogen-bond acceptors (Lipinski definition) is 4. The first-order valence-corrected chi connectivity index (χ1v) is 6.94. The second-order valence-corrected chi connectivity index (χ2v) is 4.84. The second-order valence-electron chi connectivity index (χ2n) is 4.84. The van der Waals surface area contributed by atoms with Gasteiger partial charge < -0.3 is 5.32 Å². The van der Waals surface area contributed by atoms with Crippen molar-refractivity contribution >= 4 is 5.95 Å². The van der Waals surface area contributed by atoms with Crippen molar-refractivity contribution < 1.29 is 0 Å². The lowest BCUT2D eigenvalue weighted by Gasteiger charge is -2.06. The van der Waals surface area contributed by atoms with Crippen molar-refractivity contribution in [3.05, 3.63) is 60.0 Å². The average Bonchev–Trinajstić information content (AvgIpc) is 2.95. The van der Waals surface area contributed by atoms with Gasteiger partial charge in [-0.05, 0) is 25.0 Å². The maximum absolute atomic E-state index is 4.53. The molecule has 0 spiro atoms. The topological polar surface area (TPSA) is 66.5 Å². The third kappa shape index (κ3) is 3.25. The van der Waals surface area contributed by atoms with Crippen LogP contribution in [0.4, 0.5) is 5.95 Å². The summed E-state index contributed by atoms with van der Waals surface area (Å²) in [7, 11) is 0. The number of nitrogens with zero attached hydrogens (tertiary/aromatic N) is 3. The van der Waals surface area contributed by atoms with Gasteiger partial charge in [0, 0.05) is 24.0 Å². The normalized spacial score (nSPS) is 10.5. The zero-order valence-corrected chi connectivity index (χ0v) is 11.9. The highest BCUT2D eigenvalue weighted by Crippen LogP contribution is 2.19. The highest BCUT2D eigenvalue weighted by molar-refractivity contribution is 5.61. The van der Waals surface area contributed by atoms with E-state index in [1.54, 1.807) is 12.4 Å². The van der Waals surface area contributed by atoms with Crippen LogP contribution in [-0.2, 0) is 6.42 Å². The molecule has 0 bridgehead atoms. The predicted octanol–water partition coefficient (Wildman–Crippen LogP) is 2.83. The number of nitrogens with one attached hydrogen (secondary N) is 2. The molecule has 3 rings (SSSR count). The van der Waals surface area contributed by atoms with Gasteiger partial charge in [0.1, 0.15) is 0 Å². The highest BCUT2D eigenvalue weighted by Gasteiger charge is 2.06. The molecule has 0 saturated carbocycles. The molecule has 0 aliphatic rings. The van der Waals surface area contributed by atoms with Crippen LogP contribution < -0.4 is 5.32 Å². The van der Waals surface area contributed by atoms with Crippen LogP contribution in [0.1, 0.15) is 11.3 Å². The smallest absolute Gasteiger partial charge is 0.223 e. The third-order valence-electron chi connectivity index (χ3n) is 3.30. The fourth-order valence-electron chi connectivity index (χ4n) is 2.17. The Kier molecular flexibility index (Phi) is 3.91. The van der Waals surface area contributed by atoms with Crippen LogP contribution in [0.25, 0.3) is 11.3 Å². The lowest BCUT2D eigenvalue weighted by atomic mass is 10.1. The minimum atomic E-state index is 0.643. The molecule has 2 heterocycles. The molecule has 0 amide bonds. The third-order valence-corrected chi connectivity index (χ3v) is 3.30. The summed E-state index contributed by atoms with van der Waals surface area (Å²) < 4.78 is 0. The Balaban J connectivity index is 1.65. The standard InChI is InChI=1S/C16H17N5/c1-12-14(11-19-21-12)15-8-10-18-16(20-15)17-9-7-13-5-3-2-4-6-13/h2-6,8,10-11H,7,9H2,1H3,(H,19,21)(H,17,18,20). The molecule has 5 nitrogen and oxygen atoms in total. The van der Waals surface area contributed by atoms with E-state index >= 15 is 0 Å². The van der Waals surface area contributed by atoms with Gasteiger partial charge in [-0.1, -0.05) is 30.3 Å². The monoisotopic (exact) mass is 279 g/mol. The van der Waals surface area contributed by atoms with Crippen molar-refractivity contribution in [3.8, 4) is 11.3 Å². The van der Waals surface area contributed by atoms with Gasteiger partial charge in [-0.25, -0.2) is 9.97 Å². The quantitative estimate of drug-likeness (QED) is 0.753. The summed E-state index contributed by atoms with van der Waals surface area (Å²) in [6.07, 6.45) is 4.49. The number of aryl methyl sites for hydroxylation is 1. The van der Waals surface area contributed by atoms with Crippen molar-refractivity contribution in [2.24, 2.45) is 0 Å². The maximum Gasteiger partial charge on any atom is 0.223 e. The van der Waals surface area contributed by atoms with Crippen LogP contribution in [0.2, 0.25) is 0 Å². The Labute approximate surface area is 123 Å². The Hall–Kier alpha value is -2.69. The van der Waals surface area contributed by atoms with Gasteiger partial charge in [-0.15, -0.1) is 0 Å². The van der Waals surface area contributed by atoms with Crippen LogP contribution in [0.5, 0.6) is 0 Å². The molecule has 0 unspecified atom stereocenters. The molecule has 3 aromatic rings. The first-order chi connectivity index (χ1) is 10.3. The molecular weight excluding hydrogens is 262 g/mol. The molecule has 1 aromatic carbocycles. The van der Waals surface area contributed by atoms with E-state index in [2.05, 4.69) is 37.6 Å². The number of H-pyrrole nitrogens is 1. The fraction of sp³-hybridized carbons (Fsp3) is 0.188. The summed E-state index contributed by atoms with van der Waals surface area (Å²) in [5, 5.41) is 10.2. The van der Waals surface area contributed by atoms with Crippen molar-refractivity contribution in [3.63, 3.8) is 0 Å². The van der Waals surface area contributed by atoms with Crippen LogP contribution >= 0.6 is 0 Å². The molecule has 0 aliphatic carbocycles. The molecular formula is C16H17N5. The number of hydrogen-bond donors (Lipinski definition) is 2. The number of rotatable bonds is 5. The van der Waals surface area contributed by atoms with Crippen molar-refractivity contribution in [1.29, 1.82) is 0 Å². The molecule has 5 heteroatoms. The zero-order chi connectivity index (χ0) is 14.5. The molecule has 2 aromatic heterocycles. The van der Waals surface area contributed by atoms with Crippen molar-refractivity contribution in [2.45, 2.75) is 13.3 Å². The van der Waals surface area contributed by atoms with E-state index in [1.165, 1.54) is 5.56 Å². The summed E-state index contributed by atoms with van der Waals surface area (Å²) in [6.45, 7) is 2.78. The summed E-state index contributed by atoms with van der Waals surface area (Å²) >= 11 is 0. The van der Waals surface area contributed by atoms with Gasteiger partial charge in [0.05, 0.1) is 11.9 Å². The van der Waals surface area contributed by atoms with Crippen LogP contribution in [0.3, 0.4) is 0 Å². The average molecular weight is 279 g/mol. The Morgan fingerprint density at radius 2 is 2.00 bits per heavy atom. The number of benzene rings is 1. The van der Waals surface area contributed by atoms with Crippen molar-refractivity contribution in [2.75, 3.05) is 11.9 Å². The number of aromatic nitrogens is 4. The van der Waals surface area contributed by atoms with Crippen molar-refractivity contribution in [1.82, 2.24) is 20.2 Å². The van der Waals surface area contributed by atoms with E-state index in [0.717, 1.165) is 29.9 Å². The summed E-state index contributed by atoms with van der Waals surface area (Å²) in [4.78, 5) is 8.78. The first kappa shape index (κ1) is 13.3. The molecule has 0 saturated heterocycles. The Bertz CT molecular complexity index is 705. The van der Waals surface area contributed by atoms with E-state index in [0.29, 0.717) is 5.95 Å². The van der Waals surface area contributed by atoms with Crippen LogP contribution in [0.15, 0.2) is 48.8 Å². The van der Waals surface area contributed by atoms with E-state index in [-0.39, 0.29) is 0 Å². The van der Waals surface area contributed by atoms with E-state index in [4.69, 9.17) is 0 Å². The van der Waals surface area contributed by atoms with Gasteiger partial charge in [-0.2, -0.15) is 5.10 Å². The minimum absolute atomic E-state index is 0.643. The highest BCUT2D eigenvalue weighted by atomic mass is 15.1. The zero-order valence-electron chi connectivity index (χ0n) is 11.9. The fourth-order valence-corrected chi connectivity index (χ4v) is 2.17. The van der Waals surface area contributed by atoms with Gasteiger partial charge in [0.15, 0.2) is 0 Å². The molecule has 0 radical (unpaired) electrons. The summed E-state index contributed by atoms with van der Waals surface area (Å²) in [5.41, 5.74) is 4.18. The first-order valence-electron chi connectivity index (χ1n) is 6.94. The van der Waals surface area contributed by atoms with E-state index in [9.17, 15) is 0 Å². The molecule has 0 atom stereocenters. The Morgan fingerprint density at radius 3 is 2.76 bits per heavy atom. The molecule has 0 fully saturated rings. The SMILES string of the molecule is Cc1[nH]ncc1-c1ccnc(NCCc2ccccc2)n1. The van der Waals surface area contributed by atoms with Gasteiger partial charge in [-0.3, -0.25) is 5.10 Å². The Morgan fingerprint density at radius 1 is 1.14 bits per heavy atom. The second kappa shape index (κ2) is 6.17. The molecule has 21 heavy (non-hydrogen) atoms. The largest absolute Gasteiger partial charge is 0.354 e. The lowest BCUT2D eigenvalue weighted by molar-refractivity contribution is 0.985. The van der Waals surface area contributed by atoms with E-state index < -0.39 is 0 Å². The minimum Gasteiger partial charge on any atom is -0.354 e. The van der Waals surface area contributed by atoms with Crippen LogP contribution in [0, 0.1) is 6.92 Å². The predicted molar refractivity (Wildman–Crippen MR) is 83.0 cm³/mol. The lowest BCUT2D eigenvalue weighted by Crippen LogP contribution is -2.08. The maximum atomic E-state index is 4.53. The number of anilines is 1. The summed E-state index contributed by atoms with van der Waals surface area (Å²) in [6, 6.07) is 12.3. The molecule has 0 aliphatic heterocycles. The number of aromatic amines is 1. The molecule has 2 N–H and O–H groups in total. The summed E-state index contributed by atoms with van der Waals surface area (Å²) in [5.74, 6) is 0.643. The molecule has 106 valence electrons. The van der Waals surface area contributed by atoms with Gasteiger partial charge >= 0.3 is 0 Å². The van der Waals surface area contributed by atoms with Gasteiger partial charge in [0.25, 0.3) is 0 Å². The van der Waals surface area contributed by atoms with Crippen LogP contribution in [-0.4, -0.2) is 26.7 Å². The van der Waals surface area contributed by atoms with Gasteiger partial charge in [0.2, 0.25) is 5.95 Å². The van der Waals surface area contributed by atoms with E-state index in [1.807, 2.05) is 31.2 Å².